The van der Waals surface area contributed by atoms with Gasteiger partial charge in [-0.3, -0.25) is 4.68 Å². The molecule has 2 aliphatic rings. The Morgan fingerprint density at radius 2 is 1.76 bits per heavy atom. The van der Waals surface area contributed by atoms with E-state index in [1.807, 2.05) is 57.2 Å². The molecule has 206 valence electrons. The number of aryl methyl sites for hydroxylation is 1. The Hall–Kier alpha value is -3.56. The minimum atomic E-state index is -0.647. The van der Waals surface area contributed by atoms with Crippen molar-refractivity contribution >= 4 is 18.2 Å². The molecule has 10 heteroatoms. The third-order valence-electron chi connectivity index (χ3n) is 6.53. The van der Waals surface area contributed by atoms with Crippen molar-refractivity contribution in [2.24, 2.45) is 0 Å². The van der Waals surface area contributed by atoms with Gasteiger partial charge < -0.3 is 24.0 Å². The van der Waals surface area contributed by atoms with E-state index in [2.05, 4.69) is 5.10 Å². The Balaban J connectivity index is 1.47. The summed E-state index contributed by atoms with van der Waals surface area (Å²) in [7, 11) is 0. The molecule has 0 N–H and O–H groups in total. The number of piperazine rings is 1. The van der Waals surface area contributed by atoms with Gasteiger partial charge in [0.2, 0.25) is 0 Å². The van der Waals surface area contributed by atoms with Crippen LogP contribution in [0, 0.1) is 0 Å². The maximum absolute atomic E-state index is 13.1. The summed E-state index contributed by atoms with van der Waals surface area (Å²) in [4.78, 5) is 41.8. The second-order valence-electron chi connectivity index (χ2n) is 10.8. The summed E-state index contributed by atoms with van der Waals surface area (Å²) in [5, 5.41) is 4.68. The van der Waals surface area contributed by atoms with Gasteiger partial charge in [-0.15, -0.1) is 0 Å². The van der Waals surface area contributed by atoms with Crippen LogP contribution in [0.4, 0.5) is 9.59 Å². The van der Waals surface area contributed by atoms with Gasteiger partial charge in [0, 0.05) is 32.1 Å². The fourth-order valence-corrected chi connectivity index (χ4v) is 4.47. The topological polar surface area (TPSA) is 103 Å². The highest BCUT2D eigenvalue weighted by molar-refractivity contribution is 5.87. The number of carbonyl (C=O) groups excluding carboxylic acids is 3. The van der Waals surface area contributed by atoms with Crippen LogP contribution in [0.2, 0.25) is 0 Å². The molecule has 1 aliphatic heterocycles. The van der Waals surface area contributed by atoms with E-state index >= 15 is 0 Å². The van der Waals surface area contributed by atoms with Gasteiger partial charge in [-0.05, 0) is 58.6 Å². The van der Waals surface area contributed by atoms with Crippen LogP contribution in [0.3, 0.4) is 0 Å². The summed E-state index contributed by atoms with van der Waals surface area (Å²) in [6.45, 7) is 9.03. The highest BCUT2D eigenvalue weighted by Crippen LogP contribution is 2.39. The molecule has 0 spiro atoms. The molecule has 0 radical (unpaired) electrons. The fourth-order valence-electron chi connectivity index (χ4n) is 4.47. The molecule has 10 nitrogen and oxygen atoms in total. The summed E-state index contributed by atoms with van der Waals surface area (Å²) in [6.07, 6.45) is 1.75. The monoisotopic (exact) mass is 526 g/mol. The predicted molar refractivity (Wildman–Crippen MR) is 140 cm³/mol. The van der Waals surface area contributed by atoms with Gasteiger partial charge in [-0.25, -0.2) is 14.4 Å². The van der Waals surface area contributed by atoms with E-state index in [0.29, 0.717) is 44.2 Å². The Morgan fingerprint density at radius 1 is 1.03 bits per heavy atom. The largest absolute Gasteiger partial charge is 0.461 e. The van der Waals surface area contributed by atoms with Gasteiger partial charge >= 0.3 is 18.2 Å². The van der Waals surface area contributed by atoms with Crippen LogP contribution in [-0.2, 0) is 27.4 Å². The lowest BCUT2D eigenvalue weighted by Gasteiger charge is -2.41. The minimum absolute atomic E-state index is 0.177. The van der Waals surface area contributed by atoms with Crippen molar-refractivity contribution in [2.75, 3.05) is 26.2 Å². The Labute approximate surface area is 223 Å². The summed E-state index contributed by atoms with van der Waals surface area (Å²) >= 11 is 0. The number of benzene rings is 1. The van der Waals surface area contributed by atoms with Crippen LogP contribution in [0.25, 0.3) is 0 Å². The molecule has 1 atom stereocenters. The number of ether oxygens (including phenoxy) is 3. The molecule has 1 aromatic heterocycles. The fraction of sp³-hybridized carbons (Fsp3) is 0.571. The smallest absolute Gasteiger partial charge is 0.410 e. The van der Waals surface area contributed by atoms with Crippen LogP contribution in [0.15, 0.2) is 36.4 Å². The van der Waals surface area contributed by atoms with Gasteiger partial charge in [0.1, 0.15) is 17.9 Å². The molecule has 2 amide bonds. The molecule has 2 fully saturated rings. The van der Waals surface area contributed by atoms with Crippen molar-refractivity contribution in [3.8, 4) is 0 Å². The molecule has 1 aromatic carbocycles. The molecule has 2 aromatic rings. The highest BCUT2D eigenvalue weighted by atomic mass is 16.6. The number of rotatable bonds is 8. The lowest BCUT2D eigenvalue weighted by atomic mass is 10.1. The maximum Gasteiger partial charge on any atom is 0.410 e. The van der Waals surface area contributed by atoms with E-state index in [9.17, 15) is 14.4 Å². The van der Waals surface area contributed by atoms with Gasteiger partial charge in [0.15, 0.2) is 0 Å². The van der Waals surface area contributed by atoms with E-state index < -0.39 is 23.8 Å². The first-order valence-corrected chi connectivity index (χ1v) is 13.3. The number of esters is 1. The van der Waals surface area contributed by atoms with Crippen LogP contribution in [-0.4, -0.2) is 75.6 Å². The van der Waals surface area contributed by atoms with Crippen molar-refractivity contribution < 1.29 is 28.6 Å². The van der Waals surface area contributed by atoms with Gasteiger partial charge in [0.25, 0.3) is 0 Å². The average Bonchev–Trinajstić information content (AvgIpc) is 3.64. The van der Waals surface area contributed by atoms with Gasteiger partial charge in [-0.2, -0.15) is 5.10 Å². The highest BCUT2D eigenvalue weighted by Gasteiger charge is 2.36. The van der Waals surface area contributed by atoms with Crippen LogP contribution in [0.1, 0.15) is 74.6 Å². The molecular weight excluding hydrogens is 488 g/mol. The van der Waals surface area contributed by atoms with Crippen LogP contribution < -0.4 is 0 Å². The standard InChI is InChI=1S/C28H38N4O6/c1-5-36-25(33)24-17-23(21-11-12-21)29-32(24)14-13-22-18-30(15-16-31(22)27(35)38-28(2,3)4)26(34)37-19-20-9-7-6-8-10-20/h6-10,17,21-22H,5,11-16,18-19H2,1-4H3/t22-/m1/s1. The molecule has 38 heavy (non-hydrogen) atoms. The predicted octanol–water partition coefficient (Wildman–Crippen LogP) is 4.59. The molecule has 2 heterocycles. The number of nitrogens with zero attached hydrogens (tertiary/aromatic N) is 4. The first-order valence-electron chi connectivity index (χ1n) is 13.3. The Morgan fingerprint density at radius 3 is 2.42 bits per heavy atom. The summed E-state index contributed by atoms with van der Waals surface area (Å²) in [6, 6.07) is 11.0. The minimum Gasteiger partial charge on any atom is -0.461 e. The molecule has 1 saturated heterocycles. The quantitative estimate of drug-likeness (QED) is 0.366. The van der Waals surface area contributed by atoms with Crippen molar-refractivity contribution in [3.05, 3.63) is 53.3 Å². The van der Waals surface area contributed by atoms with E-state index in [1.54, 1.807) is 21.4 Å². The van der Waals surface area contributed by atoms with Crippen molar-refractivity contribution in [2.45, 2.75) is 77.7 Å². The number of hydrogen-bond acceptors (Lipinski definition) is 7. The average molecular weight is 527 g/mol. The Bertz CT molecular complexity index is 1120. The molecule has 0 unspecified atom stereocenters. The first-order chi connectivity index (χ1) is 18.1. The van der Waals surface area contributed by atoms with Crippen LogP contribution >= 0.6 is 0 Å². The van der Waals surface area contributed by atoms with Crippen molar-refractivity contribution in [1.82, 2.24) is 19.6 Å². The van der Waals surface area contributed by atoms with Crippen LogP contribution in [0.5, 0.6) is 0 Å². The second kappa shape index (κ2) is 11.9. The SMILES string of the molecule is CCOC(=O)c1cc(C2CC2)nn1CC[C@@H]1CN(C(=O)OCc2ccccc2)CCN1C(=O)OC(C)(C)C. The zero-order valence-electron chi connectivity index (χ0n) is 22.7. The zero-order valence-corrected chi connectivity index (χ0v) is 22.7. The third kappa shape index (κ3) is 7.26. The van der Waals surface area contributed by atoms with Crippen molar-refractivity contribution in [1.29, 1.82) is 0 Å². The molecule has 1 saturated carbocycles. The zero-order chi connectivity index (χ0) is 27.3. The number of hydrogen-bond donors (Lipinski definition) is 0. The second-order valence-corrected chi connectivity index (χ2v) is 10.8. The lowest BCUT2D eigenvalue weighted by molar-refractivity contribution is -0.00525. The summed E-state index contributed by atoms with van der Waals surface area (Å²) in [5.74, 6) is -0.0297. The number of aromatic nitrogens is 2. The Kier molecular flexibility index (Phi) is 8.58. The van der Waals surface area contributed by atoms with E-state index in [4.69, 9.17) is 14.2 Å². The summed E-state index contributed by atoms with van der Waals surface area (Å²) < 4.78 is 18.1. The number of amides is 2. The normalized spacial score (nSPS) is 17.7. The maximum atomic E-state index is 13.1. The molecular formula is C28H38N4O6. The molecule has 4 rings (SSSR count). The molecule has 1 aliphatic carbocycles. The van der Waals surface area contributed by atoms with E-state index in [0.717, 1.165) is 24.1 Å². The van der Waals surface area contributed by atoms with Gasteiger partial charge in [-0.1, -0.05) is 30.3 Å². The summed E-state index contributed by atoms with van der Waals surface area (Å²) in [5.41, 5.74) is 1.56. The van der Waals surface area contributed by atoms with Crippen molar-refractivity contribution in [3.63, 3.8) is 0 Å². The van der Waals surface area contributed by atoms with E-state index in [-0.39, 0.29) is 19.3 Å². The third-order valence-corrected chi connectivity index (χ3v) is 6.53. The van der Waals surface area contributed by atoms with E-state index in [1.165, 1.54) is 0 Å². The molecule has 0 bridgehead atoms. The van der Waals surface area contributed by atoms with Gasteiger partial charge in [0.05, 0.1) is 18.3 Å². The lowest BCUT2D eigenvalue weighted by Crippen LogP contribution is -2.57. The number of carbonyl (C=O) groups is 3. The first kappa shape index (κ1) is 27.5.